The monoisotopic (exact) mass is 115 g/mol. The number of hydrazine groups is 1. The molecule has 0 saturated heterocycles. The standard InChI is InChI=1S/C4H7N2O2/c1-4(2-7)6-5-3-8/h3-4,6H,1H3,(H,5,8)/t4-/m1/s1. The van der Waals surface area contributed by atoms with Gasteiger partial charge in [-0.2, -0.15) is 0 Å². The van der Waals surface area contributed by atoms with Crippen LogP contribution in [0.15, 0.2) is 0 Å². The van der Waals surface area contributed by atoms with Gasteiger partial charge in [0.2, 0.25) is 12.7 Å². The molecule has 0 aromatic heterocycles. The van der Waals surface area contributed by atoms with Crippen molar-refractivity contribution in [2.45, 2.75) is 13.0 Å². The van der Waals surface area contributed by atoms with Crippen molar-refractivity contribution in [3.63, 3.8) is 0 Å². The molecule has 0 aliphatic rings. The van der Waals surface area contributed by atoms with E-state index in [1.807, 2.05) is 0 Å². The number of carbonyl (C=O) groups excluding carboxylic acids is 2. The van der Waals surface area contributed by atoms with Crippen LogP contribution in [0.25, 0.3) is 0 Å². The van der Waals surface area contributed by atoms with E-state index in [9.17, 15) is 9.59 Å². The third-order valence-corrected chi connectivity index (χ3v) is 0.536. The van der Waals surface area contributed by atoms with E-state index in [0.29, 0.717) is 6.41 Å². The van der Waals surface area contributed by atoms with Crippen molar-refractivity contribution >= 4 is 12.7 Å². The number of hydrogen-bond acceptors (Lipinski definition) is 3. The first-order valence-electron chi connectivity index (χ1n) is 2.13. The summed E-state index contributed by atoms with van der Waals surface area (Å²) in [7, 11) is 0. The fourth-order valence-corrected chi connectivity index (χ4v) is 0.188. The Morgan fingerprint density at radius 2 is 2.38 bits per heavy atom. The third kappa shape index (κ3) is 3.30. The molecule has 8 heavy (non-hydrogen) atoms. The predicted octanol–water partition coefficient (Wildman–Crippen LogP) is -1.26. The summed E-state index contributed by atoms with van der Waals surface area (Å²) in [5.41, 5.74) is 4.45. The fraction of sp³-hybridized carbons (Fsp3) is 0.500. The highest BCUT2D eigenvalue weighted by Gasteiger charge is 1.93. The number of rotatable bonds is 4. The molecule has 1 amide bonds. The Balaban J connectivity index is 3.09. The summed E-state index contributed by atoms with van der Waals surface area (Å²) >= 11 is 0. The zero-order valence-corrected chi connectivity index (χ0v) is 4.47. The van der Waals surface area contributed by atoms with Crippen molar-refractivity contribution in [1.29, 1.82) is 0 Å². The van der Waals surface area contributed by atoms with Crippen LogP contribution in [-0.2, 0) is 9.59 Å². The maximum Gasteiger partial charge on any atom is 0.221 e. The first-order valence-corrected chi connectivity index (χ1v) is 2.13. The molecule has 4 heteroatoms. The van der Waals surface area contributed by atoms with E-state index >= 15 is 0 Å². The van der Waals surface area contributed by atoms with Crippen molar-refractivity contribution < 1.29 is 9.59 Å². The van der Waals surface area contributed by atoms with Crippen molar-refractivity contribution in [2.75, 3.05) is 0 Å². The molecule has 0 heterocycles. The molecule has 0 aromatic carbocycles. The number of amides is 1. The molecule has 45 valence electrons. The lowest BCUT2D eigenvalue weighted by atomic mass is 10.4. The van der Waals surface area contributed by atoms with Crippen molar-refractivity contribution in [3.8, 4) is 0 Å². The van der Waals surface area contributed by atoms with Gasteiger partial charge in [-0.1, -0.05) is 0 Å². The van der Waals surface area contributed by atoms with Crippen LogP contribution in [0.1, 0.15) is 6.92 Å². The van der Waals surface area contributed by atoms with Gasteiger partial charge >= 0.3 is 0 Å². The summed E-state index contributed by atoms with van der Waals surface area (Å²) in [6.07, 6.45) is 2.07. The summed E-state index contributed by atoms with van der Waals surface area (Å²) in [5.74, 6) is 0. The van der Waals surface area contributed by atoms with E-state index < -0.39 is 6.04 Å². The molecule has 1 radical (unpaired) electrons. The fourth-order valence-electron chi connectivity index (χ4n) is 0.188. The van der Waals surface area contributed by atoms with Gasteiger partial charge in [-0.05, 0) is 6.92 Å². The molecule has 4 nitrogen and oxygen atoms in total. The van der Waals surface area contributed by atoms with Crippen LogP contribution in [0, 0.1) is 0 Å². The van der Waals surface area contributed by atoms with Crippen LogP contribution < -0.4 is 10.9 Å². The van der Waals surface area contributed by atoms with Crippen molar-refractivity contribution in [2.24, 2.45) is 0 Å². The molecule has 1 atom stereocenters. The maximum absolute atomic E-state index is 9.67. The van der Waals surface area contributed by atoms with Crippen LogP contribution in [-0.4, -0.2) is 18.7 Å². The molecule has 0 aromatic rings. The van der Waals surface area contributed by atoms with Crippen LogP contribution >= 0.6 is 0 Å². The maximum atomic E-state index is 9.67. The summed E-state index contributed by atoms with van der Waals surface area (Å²) in [6, 6.07) is -0.444. The Morgan fingerprint density at radius 3 is 2.75 bits per heavy atom. The lowest BCUT2D eigenvalue weighted by Crippen LogP contribution is -2.38. The highest BCUT2D eigenvalue weighted by atomic mass is 16.1. The van der Waals surface area contributed by atoms with E-state index in [0.717, 1.165) is 0 Å². The van der Waals surface area contributed by atoms with Gasteiger partial charge in [0, 0.05) is 0 Å². The van der Waals surface area contributed by atoms with E-state index in [1.54, 1.807) is 13.2 Å². The summed E-state index contributed by atoms with van der Waals surface area (Å²) < 4.78 is 0. The quantitative estimate of drug-likeness (QED) is 0.355. The SMILES string of the molecule is C[C@H]([C]=O)NNC=O. The zero-order valence-electron chi connectivity index (χ0n) is 4.47. The first kappa shape index (κ1) is 7.10. The normalized spacial score (nSPS) is 12.1. The number of carbonyl (C=O) groups is 1. The average molecular weight is 115 g/mol. The van der Waals surface area contributed by atoms with Gasteiger partial charge in [-0.15, -0.1) is 0 Å². The Morgan fingerprint density at radius 1 is 1.75 bits per heavy atom. The van der Waals surface area contributed by atoms with Crippen LogP contribution in [0.2, 0.25) is 0 Å². The smallest absolute Gasteiger partial charge is 0.221 e. The van der Waals surface area contributed by atoms with E-state index in [2.05, 4.69) is 10.9 Å². The summed E-state index contributed by atoms with van der Waals surface area (Å²) in [4.78, 5) is 19.2. The molecule has 0 aliphatic carbocycles. The molecule has 0 fully saturated rings. The predicted molar refractivity (Wildman–Crippen MR) is 27.5 cm³/mol. The zero-order chi connectivity index (χ0) is 6.41. The summed E-state index contributed by atoms with van der Waals surface area (Å²) in [5, 5.41) is 0. The minimum Gasteiger partial charge on any atom is -0.294 e. The second kappa shape index (κ2) is 4.26. The van der Waals surface area contributed by atoms with Crippen molar-refractivity contribution in [3.05, 3.63) is 0 Å². The molecular formula is C4H7N2O2. The molecule has 2 N–H and O–H groups in total. The van der Waals surface area contributed by atoms with Crippen molar-refractivity contribution in [1.82, 2.24) is 10.9 Å². The Labute approximate surface area is 47.2 Å². The van der Waals surface area contributed by atoms with Crippen LogP contribution in [0.4, 0.5) is 0 Å². The van der Waals surface area contributed by atoms with Gasteiger partial charge in [0.25, 0.3) is 0 Å². The topological polar surface area (TPSA) is 58.2 Å². The van der Waals surface area contributed by atoms with E-state index in [4.69, 9.17) is 0 Å². The van der Waals surface area contributed by atoms with Gasteiger partial charge in [-0.3, -0.25) is 15.0 Å². The van der Waals surface area contributed by atoms with E-state index in [1.165, 1.54) is 0 Å². The molecule has 0 rings (SSSR count). The first-order chi connectivity index (χ1) is 3.81. The third-order valence-electron chi connectivity index (χ3n) is 0.536. The van der Waals surface area contributed by atoms with Crippen LogP contribution in [0.3, 0.4) is 0 Å². The lowest BCUT2D eigenvalue weighted by Gasteiger charge is -2.00. The highest BCUT2D eigenvalue weighted by molar-refractivity contribution is 5.58. The van der Waals surface area contributed by atoms with E-state index in [-0.39, 0.29) is 0 Å². The second-order valence-corrected chi connectivity index (χ2v) is 1.25. The Hall–Kier alpha value is -0.900. The van der Waals surface area contributed by atoms with Crippen LogP contribution in [0.5, 0.6) is 0 Å². The van der Waals surface area contributed by atoms with Gasteiger partial charge in [-0.25, -0.2) is 5.43 Å². The molecular weight excluding hydrogens is 108 g/mol. The Bertz CT molecular complexity index is 84.1. The number of hydrogen-bond donors (Lipinski definition) is 2. The molecule has 0 aliphatic heterocycles. The largest absolute Gasteiger partial charge is 0.294 e. The molecule has 0 spiro atoms. The Kier molecular flexibility index (Phi) is 3.78. The lowest BCUT2D eigenvalue weighted by molar-refractivity contribution is -0.110. The molecule has 0 saturated carbocycles. The average Bonchev–Trinajstić information content (AvgIpc) is 1.83. The highest BCUT2D eigenvalue weighted by Crippen LogP contribution is 1.64. The number of nitrogens with one attached hydrogen (secondary N) is 2. The van der Waals surface area contributed by atoms with Gasteiger partial charge < -0.3 is 0 Å². The van der Waals surface area contributed by atoms with Gasteiger partial charge in [0.1, 0.15) is 0 Å². The molecule has 0 bridgehead atoms. The van der Waals surface area contributed by atoms with Gasteiger partial charge in [0.05, 0.1) is 6.04 Å². The molecule has 0 unspecified atom stereocenters. The minimum absolute atomic E-state index is 0.444. The summed E-state index contributed by atoms with van der Waals surface area (Å²) in [6.45, 7) is 1.57. The minimum atomic E-state index is -0.444. The second-order valence-electron chi connectivity index (χ2n) is 1.25. The van der Waals surface area contributed by atoms with Gasteiger partial charge in [0.15, 0.2) is 0 Å².